The number of aromatic amines is 1. The van der Waals surface area contributed by atoms with Crippen molar-refractivity contribution >= 4 is 21.9 Å². The van der Waals surface area contributed by atoms with Crippen LogP contribution in [0.3, 0.4) is 0 Å². The Hall–Kier alpha value is -2.88. The lowest BCUT2D eigenvalue weighted by Gasteiger charge is -2.20. The van der Waals surface area contributed by atoms with Crippen LogP contribution in [0.1, 0.15) is 26.3 Å². The molecule has 4 nitrogen and oxygen atoms in total. The molecule has 4 rings (SSSR count). The van der Waals surface area contributed by atoms with E-state index >= 15 is 0 Å². The first-order valence-corrected chi connectivity index (χ1v) is 8.69. The molecule has 0 aliphatic heterocycles. The molecule has 4 aromatic rings. The number of para-hydroxylation sites is 1. The molecule has 2 heterocycles. The SMILES string of the molecule is COc1cc(OC)c2c(C(C)(C)C)c(-c3cc4ccccc4[nH]3)oc2c1. The molecule has 26 heavy (non-hydrogen) atoms. The maximum Gasteiger partial charge on any atom is 0.155 e. The molecule has 0 fully saturated rings. The van der Waals surface area contributed by atoms with E-state index in [-0.39, 0.29) is 5.41 Å². The number of furan rings is 1. The van der Waals surface area contributed by atoms with Crippen molar-refractivity contribution < 1.29 is 13.9 Å². The number of nitrogens with one attached hydrogen (secondary N) is 1. The average molecular weight is 349 g/mol. The molecule has 2 aromatic heterocycles. The maximum atomic E-state index is 6.34. The Morgan fingerprint density at radius 2 is 1.73 bits per heavy atom. The molecule has 0 aliphatic carbocycles. The Morgan fingerprint density at radius 1 is 0.962 bits per heavy atom. The van der Waals surface area contributed by atoms with Crippen molar-refractivity contribution in [3.63, 3.8) is 0 Å². The van der Waals surface area contributed by atoms with E-state index in [0.717, 1.165) is 44.6 Å². The van der Waals surface area contributed by atoms with Gasteiger partial charge < -0.3 is 18.9 Å². The number of aromatic nitrogens is 1. The highest BCUT2D eigenvalue weighted by Crippen LogP contribution is 2.46. The molecular formula is C22H23NO3. The lowest BCUT2D eigenvalue weighted by Crippen LogP contribution is -2.12. The Bertz CT molecular complexity index is 1060. The molecule has 0 amide bonds. The van der Waals surface area contributed by atoms with Crippen molar-refractivity contribution in [1.82, 2.24) is 4.98 Å². The first-order chi connectivity index (χ1) is 12.4. The molecule has 0 aliphatic rings. The number of ether oxygens (including phenoxy) is 2. The first-order valence-electron chi connectivity index (χ1n) is 8.69. The second kappa shape index (κ2) is 5.84. The Morgan fingerprint density at radius 3 is 2.38 bits per heavy atom. The molecule has 2 aromatic carbocycles. The molecular weight excluding hydrogens is 326 g/mol. The number of H-pyrrole nitrogens is 1. The molecule has 0 spiro atoms. The minimum Gasteiger partial charge on any atom is -0.496 e. The zero-order valence-corrected chi connectivity index (χ0v) is 15.8. The monoisotopic (exact) mass is 349 g/mol. The molecule has 0 atom stereocenters. The van der Waals surface area contributed by atoms with Crippen molar-refractivity contribution in [2.75, 3.05) is 14.2 Å². The van der Waals surface area contributed by atoms with Gasteiger partial charge in [0, 0.05) is 28.6 Å². The van der Waals surface area contributed by atoms with Crippen LogP contribution in [-0.4, -0.2) is 19.2 Å². The number of fused-ring (bicyclic) bond motifs is 2. The Balaban J connectivity index is 2.08. The predicted octanol–water partition coefficient (Wildman–Crippen LogP) is 5.90. The van der Waals surface area contributed by atoms with Gasteiger partial charge in [-0.05, 0) is 17.5 Å². The topological polar surface area (TPSA) is 47.4 Å². The summed E-state index contributed by atoms with van der Waals surface area (Å²) in [4.78, 5) is 3.49. The van der Waals surface area contributed by atoms with Crippen LogP contribution in [0.15, 0.2) is 46.9 Å². The minimum absolute atomic E-state index is 0.125. The van der Waals surface area contributed by atoms with Crippen LogP contribution in [0.2, 0.25) is 0 Å². The highest BCUT2D eigenvalue weighted by atomic mass is 16.5. The summed E-state index contributed by atoms with van der Waals surface area (Å²) in [6.07, 6.45) is 0. The van der Waals surface area contributed by atoms with E-state index in [1.54, 1.807) is 14.2 Å². The summed E-state index contributed by atoms with van der Waals surface area (Å²) in [6.45, 7) is 6.56. The quantitative estimate of drug-likeness (QED) is 0.501. The minimum atomic E-state index is -0.125. The standard InChI is InChI=1S/C22H23NO3/c1-22(2,3)20-19-17(25-5)11-14(24-4)12-18(19)26-21(20)16-10-13-8-6-7-9-15(13)23-16/h6-12,23H,1-5H3. The molecule has 1 N–H and O–H groups in total. The Kier molecular flexibility index (Phi) is 3.72. The van der Waals surface area contributed by atoms with Crippen molar-refractivity contribution in [3.05, 3.63) is 48.0 Å². The van der Waals surface area contributed by atoms with E-state index < -0.39 is 0 Å². The van der Waals surface area contributed by atoms with E-state index in [1.807, 2.05) is 24.3 Å². The number of benzene rings is 2. The highest BCUT2D eigenvalue weighted by Gasteiger charge is 2.29. The van der Waals surface area contributed by atoms with Gasteiger partial charge in [-0.3, -0.25) is 0 Å². The van der Waals surface area contributed by atoms with Crippen molar-refractivity contribution in [2.24, 2.45) is 0 Å². The van der Waals surface area contributed by atoms with Gasteiger partial charge in [0.25, 0.3) is 0 Å². The van der Waals surface area contributed by atoms with Crippen molar-refractivity contribution in [3.8, 4) is 23.0 Å². The fourth-order valence-corrected chi connectivity index (χ4v) is 3.55. The third kappa shape index (κ3) is 2.53. The molecule has 0 bridgehead atoms. The summed E-state index contributed by atoms with van der Waals surface area (Å²) in [5, 5.41) is 2.15. The molecule has 0 radical (unpaired) electrons. The largest absolute Gasteiger partial charge is 0.496 e. The van der Waals surface area contributed by atoms with Gasteiger partial charge in [-0.15, -0.1) is 0 Å². The number of hydrogen-bond donors (Lipinski definition) is 1. The highest BCUT2D eigenvalue weighted by molar-refractivity contribution is 5.96. The molecule has 0 saturated heterocycles. The van der Waals surface area contributed by atoms with Gasteiger partial charge in [-0.25, -0.2) is 0 Å². The van der Waals surface area contributed by atoms with Gasteiger partial charge in [0.2, 0.25) is 0 Å². The second-order valence-electron chi connectivity index (χ2n) is 7.53. The fourth-order valence-electron chi connectivity index (χ4n) is 3.55. The molecule has 0 saturated carbocycles. The van der Waals surface area contributed by atoms with Crippen LogP contribution in [0.5, 0.6) is 11.5 Å². The van der Waals surface area contributed by atoms with Crippen LogP contribution >= 0.6 is 0 Å². The van der Waals surface area contributed by atoms with Gasteiger partial charge in [0.15, 0.2) is 5.76 Å². The first kappa shape index (κ1) is 16.6. The Labute approximate surface area is 152 Å². The summed E-state index contributed by atoms with van der Waals surface area (Å²) in [5.41, 5.74) is 3.82. The third-order valence-corrected chi connectivity index (χ3v) is 4.71. The lowest BCUT2D eigenvalue weighted by atomic mass is 9.84. The van der Waals surface area contributed by atoms with Gasteiger partial charge in [-0.1, -0.05) is 39.0 Å². The van der Waals surface area contributed by atoms with Gasteiger partial charge in [0.1, 0.15) is 17.1 Å². The smallest absolute Gasteiger partial charge is 0.155 e. The number of rotatable bonds is 3. The van der Waals surface area contributed by atoms with Gasteiger partial charge in [-0.2, -0.15) is 0 Å². The molecule has 134 valence electrons. The summed E-state index contributed by atoms with van der Waals surface area (Å²) in [6, 6.07) is 14.2. The second-order valence-corrected chi connectivity index (χ2v) is 7.53. The third-order valence-electron chi connectivity index (χ3n) is 4.71. The predicted molar refractivity (Wildman–Crippen MR) is 105 cm³/mol. The zero-order valence-electron chi connectivity index (χ0n) is 15.8. The van der Waals surface area contributed by atoms with Crippen molar-refractivity contribution in [1.29, 1.82) is 0 Å². The van der Waals surface area contributed by atoms with Crippen LogP contribution in [0.25, 0.3) is 33.3 Å². The maximum absolute atomic E-state index is 6.34. The average Bonchev–Trinajstić information content (AvgIpc) is 3.21. The van der Waals surface area contributed by atoms with Crippen LogP contribution in [0, 0.1) is 0 Å². The summed E-state index contributed by atoms with van der Waals surface area (Å²) in [5.74, 6) is 2.32. The summed E-state index contributed by atoms with van der Waals surface area (Å²) in [7, 11) is 3.32. The van der Waals surface area contributed by atoms with Crippen molar-refractivity contribution in [2.45, 2.75) is 26.2 Å². The van der Waals surface area contributed by atoms with Crippen LogP contribution in [0.4, 0.5) is 0 Å². The van der Waals surface area contributed by atoms with Crippen LogP contribution in [-0.2, 0) is 5.41 Å². The summed E-state index contributed by atoms with van der Waals surface area (Å²) < 4.78 is 17.4. The van der Waals surface area contributed by atoms with Gasteiger partial charge >= 0.3 is 0 Å². The number of methoxy groups -OCH3 is 2. The van der Waals surface area contributed by atoms with E-state index in [4.69, 9.17) is 13.9 Å². The lowest BCUT2D eigenvalue weighted by molar-refractivity contribution is 0.397. The van der Waals surface area contributed by atoms with Gasteiger partial charge in [0.05, 0.1) is 25.3 Å². The van der Waals surface area contributed by atoms with E-state index in [9.17, 15) is 0 Å². The van der Waals surface area contributed by atoms with E-state index in [1.165, 1.54) is 0 Å². The summed E-state index contributed by atoms with van der Waals surface area (Å²) >= 11 is 0. The molecule has 0 unspecified atom stereocenters. The van der Waals surface area contributed by atoms with E-state index in [2.05, 4.69) is 44.0 Å². The van der Waals surface area contributed by atoms with Crippen LogP contribution < -0.4 is 9.47 Å². The fraction of sp³-hybridized carbons (Fsp3) is 0.273. The normalized spacial score (nSPS) is 12.0. The molecule has 4 heteroatoms. The zero-order chi connectivity index (χ0) is 18.5. The van der Waals surface area contributed by atoms with E-state index in [0.29, 0.717) is 5.75 Å². The number of hydrogen-bond acceptors (Lipinski definition) is 3.